The highest BCUT2D eigenvalue weighted by molar-refractivity contribution is 9.10. The predicted octanol–water partition coefficient (Wildman–Crippen LogP) is 1.21. The van der Waals surface area contributed by atoms with Gasteiger partial charge in [0.1, 0.15) is 5.82 Å². The fourth-order valence-electron chi connectivity index (χ4n) is 2.75. The van der Waals surface area contributed by atoms with E-state index in [2.05, 4.69) is 41.9 Å². The van der Waals surface area contributed by atoms with Crippen molar-refractivity contribution >= 4 is 50.8 Å². The second-order valence-electron chi connectivity index (χ2n) is 6.13. The van der Waals surface area contributed by atoms with Gasteiger partial charge in [-0.1, -0.05) is 18.7 Å². The Bertz CT molecular complexity index is 971. The lowest BCUT2D eigenvalue weighted by Crippen LogP contribution is -2.69. The summed E-state index contributed by atoms with van der Waals surface area (Å²) in [7, 11) is 0. The summed E-state index contributed by atoms with van der Waals surface area (Å²) in [5, 5.41) is 23.4. The smallest absolute Gasteiger partial charge is 0.219 e. The first-order chi connectivity index (χ1) is 14.5. The molecule has 3 rings (SSSR count). The number of hydroxylamine groups is 1. The minimum Gasteiger partial charge on any atom is -0.306 e. The van der Waals surface area contributed by atoms with Gasteiger partial charge in [0.25, 0.3) is 0 Å². The molecule has 10 nitrogen and oxygen atoms in total. The molecule has 0 saturated heterocycles. The van der Waals surface area contributed by atoms with Gasteiger partial charge in [-0.3, -0.25) is 20.3 Å². The van der Waals surface area contributed by atoms with Crippen molar-refractivity contribution in [3.05, 3.63) is 34.2 Å². The summed E-state index contributed by atoms with van der Waals surface area (Å²) in [5.74, 6) is -0.829. The van der Waals surface area contributed by atoms with Gasteiger partial charge in [-0.15, -0.1) is 0 Å². The largest absolute Gasteiger partial charge is 0.306 e. The number of hydrogen-bond acceptors (Lipinski definition) is 10. The molecule has 30 heavy (non-hydrogen) atoms. The molecular weight excluding hydrogens is 483 g/mol. The van der Waals surface area contributed by atoms with E-state index in [0.717, 1.165) is 0 Å². The number of ketones is 2. The number of nitrogens with one attached hydrogen (secondary N) is 3. The van der Waals surface area contributed by atoms with E-state index in [1.807, 2.05) is 12.4 Å². The monoisotopic (exact) mass is 500 g/mol. The maximum atomic E-state index is 13.4. The molecule has 0 amide bonds. The molecule has 1 aliphatic rings. The predicted molar refractivity (Wildman–Crippen MR) is 110 cm³/mol. The first-order valence-corrected chi connectivity index (χ1v) is 10.7. The maximum absolute atomic E-state index is 13.4. The average molecular weight is 501 g/mol. The Morgan fingerprint density at radius 3 is 2.70 bits per heavy atom. The molecule has 1 heterocycles. The quantitative estimate of drug-likeness (QED) is 0.0989. The lowest BCUT2D eigenvalue weighted by Gasteiger charge is -2.34. The van der Waals surface area contributed by atoms with Crippen LogP contribution in [0.2, 0.25) is 0 Å². The van der Waals surface area contributed by atoms with Crippen molar-refractivity contribution in [2.24, 2.45) is 4.99 Å². The highest BCUT2D eigenvalue weighted by atomic mass is 79.9. The Morgan fingerprint density at radius 1 is 1.30 bits per heavy atom. The summed E-state index contributed by atoms with van der Waals surface area (Å²) in [6.07, 6.45) is 0. The molecular formula is C17H18BrFN6O4S. The Morgan fingerprint density at radius 2 is 2.03 bits per heavy atom. The number of rotatable bonds is 9. The number of carbonyl (C=O) groups excluding carboxylic acids is 2. The summed E-state index contributed by atoms with van der Waals surface area (Å²) >= 11 is 4.33. The van der Waals surface area contributed by atoms with E-state index >= 15 is 0 Å². The second kappa shape index (κ2) is 10.2. The Labute approximate surface area is 183 Å². The zero-order valence-corrected chi connectivity index (χ0v) is 18.1. The zero-order chi connectivity index (χ0) is 21.7. The van der Waals surface area contributed by atoms with Crippen LogP contribution in [0.4, 0.5) is 10.1 Å². The van der Waals surface area contributed by atoms with Crippen molar-refractivity contribution in [1.29, 1.82) is 0 Å². The fourth-order valence-corrected chi connectivity index (χ4v) is 3.89. The molecule has 0 spiro atoms. The minimum absolute atomic E-state index is 0.0304. The summed E-state index contributed by atoms with van der Waals surface area (Å²) in [5.41, 5.74) is 2.48. The van der Waals surface area contributed by atoms with Crippen LogP contribution in [-0.4, -0.2) is 63.8 Å². The molecule has 4 N–H and O–H groups in total. The molecule has 2 atom stereocenters. The number of aromatic nitrogens is 2. The summed E-state index contributed by atoms with van der Waals surface area (Å²) in [6, 6.07) is 3.06. The highest BCUT2D eigenvalue weighted by Gasteiger charge is 2.48. The number of likely N-dealkylation sites (N-methyl/N-ethyl adjacent to an activating group) is 1. The highest BCUT2D eigenvalue weighted by Crippen LogP contribution is 2.24. The van der Waals surface area contributed by atoms with Gasteiger partial charge in [0.15, 0.2) is 16.6 Å². The number of thioether (sulfide) groups is 1. The van der Waals surface area contributed by atoms with E-state index in [1.165, 1.54) is 30.0 Å². The maximum Gasteiger partial charge on any atom is 0.219 e. The molecule has 1 aromatic carbocycles. The van der Waals surface area contributed by atoms with Gasteiger partial charge in [-0.2, -0.15) is 0 Å². The fraction of sp³-hybridized carbons (Fsp3) is 0.353. The van der Waals surface area contributed by atoms with E-state index in [1.54, 1.807) is 0 Å². The van der Waals surface area contributed by atoms with Crippen molar-refractivity contribution in [3.63, 3.8) is 0 Å². The second-order valence-corrected chi connectivity index (χ2v) is 8.07. The van der Waals surface area contributed by atoms with E-state index in [9.17, 15) is 19.2 Å². The van der Waals surface area contributed by atoms with Crippen LogP contribution in [0.5, 0.6) is 0 Å². The summed E-state index contributed by atoms with van der Waals surface area (Å²) in [6.45, 7) is 2.87. The van der Waals surface area contributed by atoms with E-state index in [0.29, 0.717) is 29.6 Å². The van der Waals surface area contributed by atoms with Crippen molar-refractivity contribution in [3.8, 4) is 0 Å². The van der Waals surface area contributed by atoms with Gasteiger partial charge in [0.05, 0.1) is 22.2 Å². The molecule has 1 aliphatic carbocycles. The average Bonchev–Trinajstić information content (AvgIpc) is 3.21. The van der Waals surface area contributed by atoms with Gasteiger partial charge in [0.2, 0.25) is 11.6 Å². The van der Waals surface area contributed by atoms with Gasteiger partial charge >= 0.3 is 0 Å². The van der Waals surface area contributed by atoms with Crippen LogP contribution in [0.1, 0.15) is 12.6 Å². The number of nitrogens with zero attached hydrogens (tertiary/aromatic N) is 3. The third-order valence-electron chi connectivity index (χ3n) is 4.20. The summed E-state index contributed by atoms with van der Waals surface area (Å²) in [4.78, 5) is 27.5. The molecule has 0 bridgehead atoms. The van der Waals surface area contributed by atoms with E-state index in [-0.39, 0.29) is 16.0 Å². The van der Waals surface area contributed by atoms with Crippen LogP contribution >= 0.6 is 27.7 Å². The molecule has 2 aromatic rings. The van der Waals surface area contributed by atoms with Crippen LogP contribution in [0.15, 0.2) is 37.3 Å². The van der Waals surface area contributed by atoms with Crippen LogP contribution in [0.25, 0.3) is 0 Å². The van der Waals surface area contributed by atoms with Crippen molar-refractivity contribution in [2.45, 2.75) is 24.0 Å². The molecule has 0 radical (unpaired) electrons. The van der Waals surface area contributed by atoms with Gasteiger partial charge in [0, 0.05) is 12.3 Å². The third kappa shape index (κ3) is 4.92. The van der Waals surface area contributed by atoms with Gasteiger partial charge < -0.3 is 10.6 Å². The number of benzene rings is 1. The van der Waals surface area contributed by atoms with Crippen LogP contribution in [0.3, 0.4) is 0 Å². The van der Waals surface area contributed by atoms with Crippen LogP contribution in [0, 0.1) is 5.82 Å². The zero-order valence-electron chi connectivity index (χ0n) is 15.7. The molecule has 13 heteroatoms. The molecule has 160 valence electrons. The lowest BCUT2D eigenvalue weighted by molar-refractivity contribution is -0.147. The van der Waals surface area contributed by atoms with Crippen molar-refractivity contribution in [1.82, 2.24) is 26.4 Å². The Balaban J connectivity index is 1.60. The topological polar surface area (TPSA) is 142 Å². The van der Waals surface area contributed by atoms with Crippen LogP contribution in [-0.2, 0) is 9.59 Å². The van der Waals surface area contributed by atoms with E-state index in [4.69, 9.17) is 4.63 Å². The molecule has 1 fully saturated rings. The lowest BCUT2D eigenvalue weighted by atomic mass is 9.83. The molecule has 1 saturated carbocycles. The van der Waals surface area contributed by atoms with Crippen molar-refractivity contribution in [2.75, 3.05) is 18.8 Å². The van der Waals surface area contributed by atoms with Crippen molar-refractivity contribution < 1.29 is 23.8 Å². The standard InChI is InChI=1S/C17H18BrFN6O4S/c1-2-20-11-12(15(27)14(11)26)21-5-6-30-17-13(24-29-25-17)16(23-28)22-8-3-4-10(19)9(18)7-8/h3-4,7,11-12,20-21,28H,2,5-6H2,1H3,(H,22,23). The Hall–Kier alpha value is -2.19. The number of amidine groups is 1. The molecule has 1 aromatic heterocycles. The number of aliphatic imine (C=N–C) groups is 1. The SMILES string of the molecule is CCNC1C(=O)C(=O)C1NCCSc1nonc1C(=Nc1ccc(F)c(Br)c1)NO. The van der Waals surface area contributed by atoms with Gasteiger partial charge in [-0.05, 0) is 51.0 Å². The number of hydrogen-bond donors (Lipinski definition) is 4. The minimum atomic E-state index is -0.541. The molecule has 0 aliphatic heterocycles. The number of Topliss-reactive ketones (excluding diaryl/α,β-unsaturated/α-hetero) is 2. The summed E-state index contributed by atoms with van der Waals surface area (Å²) < 4.78 is 18.3. The molecule has 2 unspecified atom stereocenters. The number of halogens is 2. The first kappa shape index (κ1) is 22.5. The van der Waals surface area contributed by atoms with E-state index < -0.39 is 29.5 Å². The first-order valence-electron chi connectivity index (χ1n) is 8.90. The van der Waals surface area contributed by atoms with Gasteiger partial charge in [-0.25, -0.2) is 14.0 Å². The normalized spacial score (nSPS) is 19.1. The van der Waals surface area contributed by atoms with Crippen LogP contribution < -0.4 is 16.1 Å². The Kier molecular flexibility index (Phi) is 7.66. The third-order valence-corrected chi connectivity index (χ3v) is 5.76. The number of carbonyl (C=O) groups is 2.